The van der Waals surface area contributed by atoms with Gasteiger partial charge in [-0.25, -0.2) is 0 Å². The number of nitrogens with one attached hydrogen (secondary N) is 3. The molecule has 0 aliphatic heterocycles. The van der Waals surface area contributed by atoms with Crippen molar-refractivity contribution < 1.29 is 0 Å². The molecule has 0 radical (unpaired) electrons. The van der Waals surface area contributed by atoms with Crippen LogP contribution < -0.4 is 0 Å². The lowest BCUT2D eigenvalue weighted by Crippen LogP contribution is -2.23. The Morgan fingerprint density at radius 1 is 0.459 bits per heavy atom. The van der Waals surface area contributed by atoms with Gasteiger partial charge < -0.3 is 15.0 Å². The lowest BCUT2D eigenvalue weighted by atomic mass is 9.93. The van der Waals surface area contributed by atoms with Crippen molar-refractivity contribution in [2.75, 3.05) is 0 Å². The van der Waals surface area contributed by atoms with Crippen LogP contribution in [0.25, 0.3) is 33.5 Å². The molecule has 3 heterocycles. The van der Waals surface area contributed by atoms with Crippen LogP contribution in [0.15, 0.2) is 128 Å². The second kappa shape index (κ2) is 10.6. The number of aromatic amines is 3. The zero-order valence-electron chi connectivity index (χ0n) is 20.7. The topological polar surface area (TPSA) is 50.6 Å². The van der Waals surface area contributed by atoms with E-state index in [1.165, 1.54) is 44.9 Å². The molecule has 6 rings (SSSR count). The van der Waals surface area contributed by atoms with Crippen molar-refractivity contribution >= 4 is 0 Å². The van der Waals surface area contributed by atoms with Crippen LogP contribution in [0.3, 0.4) is 0 Å². The van der Waals surface area contributed by atoms with Gasteiger partial charge in [0.05, 0.1) is 5.69 Å². The first-order valence-electron chi connectivity index (χ1n) is 12.7. The van der Waals surface area contributed by atoms with Crippen LogP contribution >= 0.6 is 0 Å². The summed E-state index contributed by atoms with van der Waals surface area (Å²) in [6.45, 7) is 2.41. The second-order valence-corrected chi connectivity index (χ2v) is 9.36. The van der Waals surface area contributed by atoms with Gasteiger partial charge in [-0.15, -0.1) is 0 Å². The minimum Gasteiger partial charge on any atom is -0.364 e. The van der Waals surface area contributed by atoms with E-state index in [9.17, 15) is 0 Å². The van der Waals surface area contributed by atoms with Crippen molar-refractivity contribution in [2.45, 2.75) is 19.6 Å². The molecular weight excluding hydrogens is 452 g/mol. The Bertz CT molecular complexity index is 1480. The standard InChI is InChI=1S/C33H30N4/c1-4-12-25(13-5-1)31-30(24-37(22-28-18-10-20-34-28)23-29-19-11-21-35-29)36-33(27-16-8-3-9-17-27)32(31)26-14-6-2-7-15-26/h1-21,34-36H,22-24H2. The Labute approximate surface area is 217 Å². The van der Waals surface area contributed by atoms with Crippen molar-refractivity contribution in [2.24, 2.45) is 0 Å². The predicted octanol–water partition coefficient (Wildman–Crippen LogP) is 7.87. The molecule has 0 bridgehead atoms. The highest BCUT2D eigenvalue weighted by Gasteiger charge is 2.23. The highest BCUT2D eigenvalue weighted by atomic mass is 15.1. The van der Waals surface area contributed by atoms with Gasteiger partial charge in [0.1, 0.15) is 0 Å². The van der Waals surface area contributed by atoms with Crippen molar-refractivity contribution in [3.63, 3.8) is 0 Å². The third-order valence-corrected chi connectivity index (χ3v) is 6.76. The quantitative estimate of drug-likeness (QED) is 0.193. The molecular formula is C33H30N4. The van der Waals surface area contributed by atoms with Gasteiger partial charge >= 0.3 is 0 Å². The lowest BCUT2D eigenvalue weighted by molar-refractivity contribution is 0.240. The van der Waals surface area contributed by atoms with E-state index in [0.29, 0.717) is 0 Å². The van der Waals surface area contributed by atoms with Crippen molar-refractivity contribution in [1.29, 1.82) is 0 Å². The largest absolute Gasteiger partial charge is 0.364 e. The fraction of sp³-hybridized carbons (Fsp3) is 0.0909. The smallest absolute Gasteiger partial charge is 0.0542 e. The summed E-state index contributed by atoms with van der Waals surface area (Å²) in [5.74, 6) is 0. The Morgan fingerprint density at radius 2 is 0.946 bits per heavy atom. The first-order chi connectivity index (χ1) is 18.3. The predicted molar refractivity (Wildman–Crippen MR) is 152 cm³/mol. The van der Waals surface area contributed by atoms with E-state index < -0.39 is 0 Å². The van der Waals surface area contributed by atoms with Gasteiger partial charge in [-0.3, -0.25) is 4.90 Å². The molecule has 6 aromatic rings. The molecule has 4 heteroatoms. The molecule has 0 aliphatic carbocycles. The van der Waals surface area contributed by atoms with Crippen LogP contribution in [0.1, 0.15) is 17.1 Å². The maximum atomic E-state index is 3.89. The zero-order chi connectivity index (χ0) is 24.9. The molecule has 0 saturated heterocycles. The summed E-state index contributed by atoms with van der Waals surface area (Å²) in [6.07, 6.45) is 3.99. The van der Waals surface area contributed by atoms with Crippen molar-refractivity contribution in [3.8, 4) is 33.5 Å². The molecule has 37 heavy (non-hydrogen) atoms. The van der Waals surface area contributed by atoms with E-state index in [1.807, 2.05) is 12.4 Å². The van der Waals surface area contributed by atoms with Crippen LogP contribution in [-0.2, 0) is 19.6 Å². The summed E-state index contributed by atoms with van der Waals surface area (Å²) in [7, 11) is 0. The number of nitrogens with zero attached hydrogens (tertiary/aromatic N) is 1. The molecule has 0 atom stereocenters. The normalized spacial score (nSPS) is 11.3. The first-order valence-corrected chi connectivity index (χ1v) is 12.7. The number of rotatable bonds is 9. The molecule has 182 valence electrons. The number of hydrogen-bond acceptors (Lipinski definition) is 1. The Morgan fingerprint density at radius 3 is 1.43 bits per heavy atom. The molecule has 3 aromatic carbocycles. The average Bonchev–Trinajstić information content (AvgIpc) is 3.72. The minimum atomic E-state index is 0.773. The van der Waals surface area contributed by atoms with Gasteiger partial charge in [-0.2, -0.15) is 0 Å². The summed E-state index contributed by atoms with van der Waals surface area (Å²) in [5, 5.41) is 0. The fourth-order valence-corrected chi connectivity index (χ4v) is 5.11. The molecule has 3 aromatic heterocycles. The van der Waals surface area contributed by atoms with E-state index in [1.54, 1.807) is 0 Å². The van der Waals surface area contributed by atoms with E-state index >= 15 is 0 Å². The van der Waals surface area contributed by atoms with Crippen LogP contribution in [-0.4, -0.2) is 19.9 Å². The molecule has 0 saturated carbocycles. The van der Waals surface area contributed by atoms with E-state index in [-0.39, 0.29) is 0 Å². The van der Waals surface area contributed by atoms with Crippen LogP contribution in [0.4, 0.5) is 0 Å². The lowest BCUT2D eigenvalue weighted by Gasteiger charge is -2.22. The van der Waals surface area contributed by atoms with Crippen LogP contribution in [0.5, 0.6) is 0 Å². The summed E-state index contributed by atoms with van der Waals surface area (Å²) in [4.78, 5) is 13.1. The zero-order valence-corrected chi connectivity index (χ0v) is 20.7. The molecule has 4 nitrogen and oxygen atoms in total. The van der Waals surface area contributed by atoms with Gasteiger partial charge in [0.15, 0.2) is 0 Å². The van der Waals surface area contributed by atoms with Gasteiger partial charge in [0.25, 0.3) is 0 Å². The molecule has 0 aliphatic rings. The summed E-state index contributed by atoms with van der Waals surface area (Å²) in [5.41, 5.74) is 10.9. The third-order valence-electron chi connectivity index (χ3n) is 6.76. The average molecular weight is 483 g/mol. The Kier molecular flexibility index (Phi) is 6.56. The highest BCUT2D eigenvalue weighted by molar-refractivity contribution is 5.95. The van der Waals surface area contributed by atoms with E-state index in [2.05, 4.69) is 135 Å². The summed E-state index contributed by atoms with van der Waals surface area (Å²) >= 11 is 0. The summed E-state index contributed by atoms with van der Waals surface area (Å²) < 4.78 is 0. The molecule has 0 spiro atoms. The molecule has 0 amide bonds. The first kappa shape index (κ1) is 22.9. The van der Waals surface area contributed by atoms with Crippen LogP contribution in [0, 0.1) is 0 Å². The number of benzene rings is 3. The summed E-state index contributed by atoms with van der Waals surface area (Å²) in [6, 6.07) is 40.6. The van der Waals surface area contributed by atoms with Gasteiger partial charge in [0, 0.05) is 60.2 Å². The number of H-pyrrole nitrogens is 3. The van der Waals surface area contributed by atoms with E-state index in [0.717, 1.165) is 25.3 Å². The fourth-order valence-electron chi connectivity index (χ4n) is 5.11. The SMILES string of the molecule is c1ccc(-c2[nH]c(CN(Cc3ccc[nH]3)Cc3ccc[nH]3)c(-c3ccccc3)c2-c2ccccc2)cc1. The van der Waals surface area contributed by atoms with E-state index in [4.69, 9.17) is 0 Å². The monoisotopic (exact) mass is 482 g/mol. The minimum absolute atomic E-state index is 0.773. The number of aromatic nitrogens is 3. The van der Waals surface area contributed by atoms with Crippen LogP contribution in [0.2, 0.25) is 0 Å². The maximum Gasteiger partial charge on any atom is 0.0542 e. The number of hydrogen-bond donors (Lipinski definition) is 3. The second-order valence-electron chi connectivity index (χ2n) is 9.36. The highest BCUT2D eigenvalue weighted by Crippen LogP contribution is 2.43. The molecule has 3 N–H and O–H groups in total. The van der Waals surface area contributed by atoms with Gasteiger partial charge in [0.2, 0.25) is 0 Å². The van der Waals surface area contributed by atoms with Gasteiger partial charge in [-0.1, -0.05) is 91.0 Å². The molecule has 0 fully saturated rings. The Balaban J connectivity index is 1.51. The van der Waals surface area contributed by atoms with Crippen molar-refractivity contribution in [1.82, 2.24) is 19.9 Å². The molecule has 0 unspecified atom stereocenters. The van der Waals surface area contributed by atoms with Gasteiger partial charge in [-0.05, 0) is 41.0 Å². The third kappa shape index (κ3) is 5.06. The maximum absolute atomic E-state index is 3.89. The Hall–Kier alpha value is -4.54. The van der Waals surface area contributed by atoms with Crippen molar-refractivity contribution in [3.05, 3.63) is 145 Å².